The first-order chi connectivity index (χ1) is 5.09. The summed E-state index contributed by atoms with van der Waals surface area (Å²) in [6, 6.07) is 0. The molecule has 2 nitrogen and oxygen atoms in total. The Morgan fingerprint density at radius 1 is 1.36 bits per heavy atom. The van der Waals surface area contributed by atoms with Crippen LogP contribution in [0, 0.1) is 11.8 Å². The van der Waals surface area contributed by atoms with E-state index in [1.165, 1.54) is 0 Å². The van der Waals surface area contributed by atoms with E-state index in [4.69, 9.17) is 0 Å². The van der Waals surface area contributed by atoms with Gasteiger partial charge in [0.05, 0.1) is 0 Å². The second kappa shape index (κ2) is 5.16. The maximum Gasteiger partial charge on any atom is 0.223 e. The molecule has 0 heterocycles. The topological polar surface area (TPSA) is 29.1 Å². The molecule has 66 valence electrons. The normalized spacial score (nSPS) is 13.2. The summed E-state index contributed by atoms with van der Waals surface area (Å²) in [5.74, 6) is 0.759. The van der Waals surface area contributed by atoms with Gasteiger partial charge >= 0.3 is 0 Å². The van der Waals surface area contributed by atoms with Crippen molar-refractivity contribution in [3.8, 4) is 0 Å². The van der Waals surface area contributed by atoms with E-state index in [2.05, 4.69) is 26.1 Å². The predicted octanol–water partition coefficient (Wildman–Crippen LogP) is 1.80. The van der Waals surface area contributed by atoms with E-state index in [-0.39, 0.29) is 11.8 Å². The highest BCUT2D eigenvalue weighted by molar-refractivity contribution is 5.78. The van der Waals surface area contributed by atoms with Gasteiger partial charge in [0.1, 0.15) is 0 Å². The largest absolute Gasteiger partial charge is 0.356 e. The summed E-state index contributed by atoms with van der Waals surface area (Å²) in [6.07, 6.45) is 1.01. The molecular formula is C9H19NO. The van der Waals surface area contributed by atoms with Gasteiger partial charge in [-0.25, -0.2) is 0 Å². The van der Waals surface area contributed by atoms with E-state index < -0.39 is 0 Å². The Morgan fingerprint density at radius 2 is 1.91 bits per heavy atom. The van der Waals surface area contributed by atoms with Crippen molar-refractivity contribution in [2.45, 2.75) is 34.1 Å². The molecule has 0 saturated heterocycles. The second-order valence-electron chi connectivity index (χ2n) is 3.32. The van der Waals surface area contributed by atoms with Gasteiger partial charge in [0.2, 0.25) is 5.91 Å². The summed E-state index contributed by atoms with van der Waals surface area (Å²) in [4.78, 5) is 11.2. The smallest absolute Gasteiger partial charge is 0.223 e. The lowest BCUT2D eigenvalue weighted by Crippen LogP contribution is -2.32. The van der Waals surface area contributed by atoms with Gasteiger partial charge in [-0.2, -0.15) is 0 Å². The molecule has 0 rings (SSSR count). The fourth-order valence-corrected chi connectivity index (χ4v) is 0.712. The maximum absolute atomic E-state index is 11.2. The van der Waals surface area contributed by atoms with Gasteiger partial charge in [-0.1, -0.05) is 27.7 Å². The Hall–Kier alpha value is -0.530. The minimum atomic E-state index is 0.140. The molecule has 11 heavy (non-hydrogen) atoms. The van der Waals surface area contributed by atoms with Gasteiger partial charge in [0.25, 0.3) is 0 Å². The number of carbonyl (C=O) groups is 1. The molecule has 0 aromatic heterocycles. The average molecular weight is 157 g/mol. The van der Waals surface area contributed by atoms with Crippen molar-refractivity contribution in [2.24, 2.45) is 11.8 Å². The zero-order valence-corrected chi connectivity index (χ0v) is 7.98. The number of rotatable bonds is 4. The van der Waals surface area contributed by atoms with Gasteiger partial charge in [-0.3, -0.25) is 4.79 Å². The number of nitrogens with one attached hydrogen (secondary N) is 1. The van der Waals surface area contributed by atoms with Crippen molar-refractivity contribution in [2.75, 3.05) is 6.54 Å². The average Bonchev–Trinajstić information content (AvgIpc) is 1.98. The van der Waals surface area contributed by atoms with Crippen molar-refractivity contribution >= 4 is 5.91 Å². The fourth-order valence-electron chi connectivity index (χ4n) is 0.712. The number of hydrogen-bond acceptors (Lipinski definition) is 1. The SMILES string of the molecule is CCCNC(=O)[C@@H](C)C(C)C. The van der Waals surface area contributed by atoms with Crippen LogP contribution in [0.25, 0.3) is 0 Å². The van der Waals surface area contributed by atoms with Crippen LogP contribution in [0.5, 0.6) is 0 Å². The first-order valence-corrected chi connectivity index (χ1v) is 4.37. The van der Waals surface area contributed by atoms with E-state index >= 15 is 0 Å². The van der Waals surface area contributed by atoms with Crippen LogP contribution in [0.4, 0.5) is 0 Å². The van der Waals surface area contributed by atoms with Gasteiger partial charge < -0.3 is 5.32 Å². The third-order valence-electron chi connectivity index (χ3n) is 1.96. The van der Waals surface area contributed by atoms with Crippen molar-refractivity contribution < 1.29 is 4.79 Å². The number of amides is 1. The molecule has 0 aromatic rings. The van der Waals surface area contributed by atoms with E-state index in [1.54, 1.807) is 0 Å². The Bertz CT molecular complexity index is 121. The Morgan fingerprint density at radius 3 is 2.27 bits per heavy atom. The molecule has 0 aliphatic rings. The third-order valence-corrected chi connectivity index (χ3v) is 1.96. The van der Waals surface area contributed by atoms with Crippen LogP contribution in [0.15, 0.2) is 0 Å². The quantitative estimate of drug-likeness (QED) is 0.662. The van der Waals surface area contributed by atoms with Crippen LogP contribution in [-0.2, 0) is 4.79 Å². The maximum atomic E-state index is 11.2. The van der Waals surface area contributed by atoms with E-state index in [0.717, 1.165) is 13.0 Å². The zero-order chi connectivity index (χ0) is 8.85. The van der Waals surface area contributed by atoms with Crippen molar-refractivity contribution in [1.82, 2.24) is 5.32 Å². The molecule has 0 aliphatic carbocycles. The van der Waals surface area contributed by atoms with Crippen LogP contribution in [-0.4, -0.2) is 12.5 Å². The Balaban J connectivity index is 3.64. The highest BCUT2D eigenvalue weighted by Gasteiger charge is 2.14. The molecule has 0 saturated carbocycles. The van der Waals surface area contributed by atoms with Gasteiger partial charge in [0, 0.05) is 12.5 Å². The first-order valence-electron chi connectivity index (χ1n) is 4.37. The Labute approximate surface area is 69.4 Å². The molecule has 0 bridgehead atoms. The lowest BCUT2D eigenvalue weighted by molar-refractivity contribution is -0.125. The van der Waals surface area contributed by atoms with Crippen LogP contribution >= 0.6 is 0 Å². The molecule has 0 aliphatic heterocycles. The molecule has 0 fully saturated rings. The molecule has 1 amide bonds. The van der Waals surface area contributed by atoms with Crippen molar-refractivity contribution in [3.05, 3.63) is 0 Å². The van der Waals surface area contributed by atoms with E-state index in [1.807, 2.05) is 6.92 Å². The van der Waals surface area contributed by atoms with Gasteiger partial charge in [0.15, 0.2) is 0 Å². The Kier molecular flexibility index (Phi) is 4.92. The minimum absolute atomic E-state index is 0.140. The summed E-state index contributed by atoms with van der Waals surface area (Å²) < 4.78 is 0. The monoisotopic (exact) mass is 157 g/mol. The first kappa shape index (κ1) is 10.5. The number of hydrogen-bond donors (Lipinski definition) is 1. The molecule has 1 N–H and O–H groups in total. The summed E-state index contributed by atoms with van der Waals surface area (Å²) in [7, 11) is 0. The molecular weight excluding hydrogens is 138 g/mol. The summed E-state index contributed by atoms with van der Waals surface area (Å²) in [6.45, 7) is 8.96. The lowest BCUT2D eigenvalue weighted by atomic mass is 9.97. The van der Waals surface area contributed by atoms with Crippen LogP contribution < -0.4 is 5.32 Å². The molecule has 1 atom stereocenters. The fraction of sp³-hybridized carbons (Fsp3) is 0.889. The van der Waals surface area contributed by atoms with Gasteiger partial charge in [-0.05, 0) is 12.3 Å². The number of carbonyl (C=O) groups excluding carboxylic acids is 1. The molecule has 0 spiro atoms. The van der Waals surface area contributed by atoms with E-state index in [0.29, 0.717) is 5.92 Å². The van der Waals surface area contributed by atoms with Crippen molar-refractivity contribution in [1.29, 1.82) is 0 Å². The molecule has 0 unspecified atom stereocenters. The standard InChI is InChI=1S/C9H19NO/c1-5-6-10-9(11)8(4)7(2)3/h7-8H,5-6H2,1-4H3,(H,10,11)/t8-/m0/s1. The predicted molar refractivity (Wildman–Crippen MR) is 47.3 cm³/mol. The van der Waals surface area contributed by atoms with Crippen molar-refractivity contribution in [3.63, 3.8) is 0 Å². The molecule has 0 radical (unpaired) electrons. The lowest BCUT2D eigenvalue weighted by Gasteiger charge is -2.14. The highest BCUT2D eigenvalue weighted by Crippen LogP contribution is 2.08. The highest BCUT2D eigenvalue weighted by atomic mass is 16.1. The second-order valence-corrected chi connectivity index (χ2v) is 3.32. The van der Waals surface area contributed by atoms with Crippen LogP contribution in [0.3, 0.4) is 0 Å². The molecule has 2 heteroatoms. The minimum Gasteiger partial charge on any atom is -0.356 e. The molecule has 0 aromatic carbocycles. The van der Waals surface area contributed by atoms with Crippen LogP contribution in [0.1, 0.15) is 34.1 Å². The summed E-state index contributed by atoms with van der Waals surface area (Å²) in [5, 5.41) is 2.87. The zero-order valence-electron chi connectivity index (χ0n) is 7.98. The summed E-state index contributed by atoms with van der Waals surface area (Å²) in [5.41, 5.74) is 0. The van der Waals surface area contributed by atoms with Crippen LogP contribution in [0.2, 0.25) is 0 Å². The van der Waals surface area contributed by atoms with E-state index in [9.17, 15) is 4.79 Å². The van der Waals surface area contributed by atoms with Gasteiger partial charge in [-0.15, -0.1) is 0 Å². The third kappa shape index (κ3) is 4.02. The summed E-state index contributed by atoms with van der Waals surface area (Å²) >= 11 is 0.